The van der Waals surface area contributed by atoms with E-state index in [0.29, 0.717) is 0 Å². The fourth-order valence-electron chi connectivity index (χ4n) is 1.21. The van der Waals surface area contributed by atoms with E-state index in [1.807, 2.05) is 0 Å². The molecule has 0 aliphatic heterocycles. The topological polar surface area (TPSA) is 60.4 Å². The lowest BCUT2D eigenvalue weighted by Crippen LogP contribution is -2.19. The Bertz CT molecular complexity index is 505. The summed E-state index contributed by atoms with van der Waals surface area (Å²) in [5.41, 5.74) is 0. The fourth-order valence-corrected chi connectivity index (χ4v) is 3.58. The molecule has 0 radical (unpaired) electrons. The fraction of sp³-hybridized carbons (Fsp3) is 0.300. The summed E-state index contributed by atoms with van der Waals surface area (Å²) in [5, 5.41) is -0.0244. The van der Waals surface area contributed by atoms with Crippen LogP contribution in [0.2, 0.25) is 10.0 Å². The first-order chi connectivity index (χ1) is 7.88. The predicted molar refractivity (Wildman–Crippen MR) is 65.1 cm³/mol. The summed E-state index contributed by atoms with van der Waals surface area (Å²) in [6, 6.07) is 4.31. The van der Waals surface area contributed by atoms with E-state index < -0.39 is 21.6 Å². The molecule has 1 rings (SSSR count). The monoisotopic (exact) mass is 296 g/mol. The van der Waals surface area contributed by atoms with Gasteiger partial charge in [-0.2, -0.15) is 0 Å². The van der Waals surface area contributed by atoms with E-state index in [-0.39, 0.29) is 21.5 Å². The lowest BCUT2D eigenvalue weighted by molar-refractivity contribution is -0.139. The molecule has 0 heterocycles. The summed E-state index contributed by atoms with van der Waals surface area (Å²) in [4.78, 5) is 10.9. The number of hydrogen-bond acceptors (Lipinski definition) is 4. The molecule has 1 aromatic carbocycles. The number of halogens is 2. The van der Waals surface area contributed by atoms with E-state index in [2.05, 4.69) is 4.74 Å². The predicted octanol–water partition coefficient (Wildman–Crippen LogP) is 2.33. The Labute approximate surface area is 109 Å². The first-order valence-electron chi connectivity index (χ1n) is 4.71. The molecule has 0 saturated carbocycles. The van der Waals surface area contributed by atoms with E-state index in [9.17, 15) is 13.2 Å². The number of ether oxygens (including phenoxy) is 1. The van der Waals surface area contributed by atoms with E-state index in [0.717, 1.165) is 0 Å². The minimum Gasteiger partial charge on any atom is -0.465 e. The van der Waals surface area contributed by atoms with Gasteiger partial charge in [-0.15, -0.1) is 0 Å². The Morgan fingerprint density at radius 1 is 1.29 bits per heavy atom. The Hall–Kier alpha value is -0.780. The van der Waals surface area contributed by atoms with Gasteiger partial charge in [-0.25, -0.2) is 8.42 Å². The molecule has 0 fully saturated rings. The number of hydrogen-bond donors (Lipinski definition) is 0. The lowest BCUT2D eigenvalue weighted by Gasteiger charge is -2.07. The molecule has 0 bridgehead atoms. The molecule has 0 unspecified atom stereocenters. The van der Waals surface area contributed by atoms with Crippen molar-refractivity contribution in [1.29, 1.82) is 0 Å². The van der Waals surface area contributed by atoms with Crippen LogP contribution in [-0.4, -0.2) is 26.7 Å². The highest BCUT2D eigenvalue weighted by Crippen LogP contribution is 2.29. The Morgan fingerprint density at radius 2 is 1.82 bits per heavy atom. The second-order valence-electron chi connectivity index (χ2n) is 3.11. The van der Waals surface area contributed by atoms with Crippen molar-refractivity contribution in [3.05, 3.63) is 28.2 Å². The average molecular weight is 297 g/mol. The molecule has 17 heavy (non-hydrogen) atoms. The van der Waals surface area contributed by atoms with Crippen LogP contribution in [0.5, 0.6) is 0 Å². The van der Waals surface area contributed by atoms with Crippen LogP contribution in [0.3, 0.4) is 0 Å². The van der Waals surface area contributed by atoms with Crippen molar-refractivity contribution >= 4 is 39.0 Å². The third kappa shape index (κ3) is 3.59. The van der Waals surface area contributed by atoms with Crippen LogP contribution < -0.4 is 0 Å². The number of esters is 1. The Morgan fingerprint density at radius 3 is 2.29 bits per heavy atom. The van der Waals surface area contributed by atoms with Gasteiger partial charge in [-0.3, -0.25) is 4.79 Å². The van der Waals surface area contributed by atoms with Crippen LogP contribution in [0.1, 0.15) is 6.92 Å². The van der Waals surface area contributed by atoms with Crippen molar-refractivity contribution < 1.29 is 17.9 Å². The molecule has 0 saturated heterocycles. The van der Waals surface area contributed by atoms with Crippen molar-refractivity contribution in [3.63, 3.8) is 0 Å². The normalized spacial score (nSPS) is 11.2. The van der Waals surface area contributed by atoms with Crippen molar-refractivity contribution in [2.75, 3.05) is 12.4 Å². The van der Waals surface area contributed by atoms with Gasteiger partial charge in [0.25, 0.3) is 0 Å². The van der Waals surface area contributed by atoms with Gasteiger partial charge in [0.15, 0.2) is 15.6 Å². The summed E-state index contributed by atoms with van der Waals surface area (Å²) >= 11 is 11.5. The summed E-state index contributed by atoms with van der Waals surface area (Å²) in [7, 11) is -3.88. The summed E-state index contributed by atoms with van der Waals surface area (Å²) in [5.74, 6) is -1.60. The van der Waals surface area contributed by atoms with Crippen molar-refractivity contribution in [2.24, 2.45) is 0 Å². The standard InChI is InChI=1S/C10H10Cl2O4S/c1-2-16-9(13)6-17(14,15)10-7(11)4-3-5-8(10)12/h3-5H,2,6H2,1H3. The maximum atomic E-state index is 11.9. The van der Waals surface area contributed by atoms with Crippen molar-refractivity contribution in [3.8, 4) is 0 Å². The van der Waals surface area contributed by atoms with Gasteiger partial charge in [0.2, 0.25) is 0 Å². The minimum absolute atomic E-state index is 0.0122. The van der Waals surface area contributed by atoms with Crippen LogP contribution >= 0.6 is 23.2 Å². The Kier molecular flexibility index (Phi) is 4.80. The zero-order valence-electron chi connectivity index (χ0n) is 8.94. The molecule has 0 N–H and O–H groups in total. The summed E-state index contributed by atoms with van der Waals surface area (Å²) < 4.78 is 28.4. The van der Waals surface area contributed by atoms with E-state index >= 15 is 0 Å². The molecule has 4 nitrogen and oxygen atoms in total. The van der Waals surface area contributed by atoms with Gasteiger partial charge < -0.3 is 4.74 Å². The van der Waals surface area contributed by atoms with E-state index in [1.54, 1.807) is 6.92 Å². The number of rotatable bonds is 4. The highest BCUT2D eigenvalue weighted by atomic mass is 35.5. The van der Waals surface area contributed by atoms with E-state index in [4.69, 9.17) is 23.2 Å². The molecule has 0 amide bonds. The second-order valence-corrected chi connectivity index (χ2v) is 5.86. The smallest absolute Gasteiger partial charge is 0.321 e. The third-order valence-electron chi connectivity index (χ3n) is 1.84. The van der Waals surface area contributed by atoms with Gasteiger partial charge in [0.05, 0.1) is 16.7 Å². The van der Waals surface area contributed by atoms with Crippen molar-refractivity contribution in [1.82, 2.24) is 0 Å². The number of carbonyl (C=O) groups is 1. The lowest BCUT2D eigenvalue weighted by atomic mass is 10.4. The largest absolute Gasteiger partial charge is 0.465 e. The highest BCUT2D eigenvalue weighted by molar-refractivity contribution is 7.92. The molecule has 94 valence electrons. The molecule has 7 heteroatoms. The molecular weight excluding hydrogens is 287 g/mol. The minimum atomic E-state index is -3.88. The first kappa shape index (κ1) is 14.3. The highest BCUT2D eigenvalue weighted by Gasteiger charge is 2.25. The molecule has 0 atom stereocenters. The van der Waals surface area contributed by atoms with Gasteiger partial charge >= 0.3 is 5.97 Å². The number of carbonyl (C=O) groups excluding carboxylic acids is 1. The molecular formula is C10H10Cl2O4S. The summed E-state index contributed by atoms with van der Waals surface area (Å²) in [6.45, 7) is 1.71. The van der Waals surface area contributed by atoms with Gasteiger partial charge in [-0.05, 0) is 19.1 Å². The van der Waals surface area contributed by atoms with Gasteiger partial charge in [-0.1, -0.05) is 29.3 Å². The SMILES string of the molecule is CCOC(=O)CS(=O)(=O)c1c(Cl)cccc1Cl. The number of sulfone groups is 1. The van der Waals surface area contributed by atoms with Crippen LogP contribution in [-0.2, 0) is 19.4 Å². The average Bonchev–Trinajstić information content (AvgIpc) is 2.15. The quantitative estimate of drug-likeness (QED) is 0.800. The van der Waals surface area contributed by atoms with Gasteiger partial charge in [0.1, 0.15) is 4.90 Å². The van der Waals surface area contributed by atoms with Crippen LogP contribution in [0.4, 0.5) is 0 Å². The molecule has 0 aliphatic rings. The zero-order valence-corrected chi connectivity index (χ0v) is 11.3. The third-order valence-corrected chi connectivity index (χ3v) is 4.37. The maximum absolute atomic E-state index is 11.9. The van der Waals surface area contributed by atoms with Gasteiger partial charge in [0, 0.05) is 0 Å². The molecule has 0 aromatic heterocycles. The first-order valence-corrected chi connectivity index (χ1v) is 7.11. The Balaban J connectivity index is 3.10. The zero-order chi connectivity index (χ0) is 13.1. The second kappa shape index (κ2) is 5.71. The molecule has 1 aromatic rings. The maximum Gasteiger partial charge on any atom is 0.321 e. The molecule has 0 aliphatic carbocycles. The molecule has 0 spiro atoms. The number of benzene rings is 1. The van der Waals surface area contributed by atoms with Crippen molar-refractivity contribution in [2.45, 2.75) is 11.8 Å². The van der Waals surface area contributed by atoms with Crippen LogP contribution in [0, 0.1) is 0 Å². The van der Waals surface area contributed by atoms with Crippen LogP contribution in [0.25, 0.3) is 0 Å². The van der Waals surface area contributed by atoms with E-state index in [1.165, 1.54) is 18.2 Å². The summed E-state index contributed by atoms with van der Waals surface area (Å²) in [6.07, 6.45) is 0. The van der Waals surface area contributed by atoms with Crippen LogP contribution in [0.15, 0.2) is 23.1 Å².